The molecule has 2 saturated heterocycles. The predicted octanol–water partition coefficient (Wildman–Crippen LogP) is -0.241. The normalized spacial score (nSPS) is 22.7. The molecule has 3 amide bonds. The molecule has 2 aliphatic heterocycles. The average molecular weight is 389 g/mol. The van der Waals surface area contributed by atoms with Crippen LogP contribution < -0.4 is 5.32 Å². The Morgan fingerprint density at radius 2 is 1.85 bits per heavy atom. The smallest absolute Gasteiger partial charge is 0.409 e. The zero-order valence-corrected chi connectivity index (χ0v) is 16.1. The Bertz CT molecular complexity index is 642. The van der Waals surface area contributed by atoms with Crippen LogP contribution in [-0.4, -0.2) is 86.0 Å². The van der Waals surface area contributed by atoms with Gasteiger partial charge in [0.2, 0.25) is 11.8 Å². The fourth-order valence-electron chi connectivity index (χ4n) is 3.41. The summed E-state index contributed by atoms with van der Waals surface area (Å²) in [5.41, 5.74) is 0. The lowest BCUT2D eigenvalue weighted by Gasteiger charge is -2.37. The Labute approximate surface area is 153 Å². The number of hydrogen-bond acceptors (Lipinski definition) is 6. The summed E-state index contributed by atoms with van der Waals surface area (Å²) in [6.45, 7) is 4.30. The van der Waals surface area contributed by atoms with Gasteiger partial charge in [0, 0.05) is 32.1 Å². The second-order valence-corrected chi connectivity index (χ2v) is 8.96. The maximum atomic E-state index is 12.2. The van der Waals surface area contributed by atoms with Gasteiger partial charge in [-0.3, -0.25) is 9.59 Å². The van der Waals surface area contributed by atoms with Crippen LogP contribution in [0.5, 0.6) is 0 Å². The van der Waals surface area contributed by atoms with Crippen molar-refractivity contribution in [1.29, 1.82) is 0 Å². The Kier molecular flexibility index (Phi) is 6.85. The lowest BCUT2D eigenvalue weighted by molar-refractivity contribution is -0.137. The van der Waals surface area contributed by atoms with Crippen LogP contribution in [-0.2, 0) is 24.2 Å². The van der Waals surface area contributed by atoms with Crippen LogP contribution in [0.1, 0.15) is 33.1 Å². The van der Waals surface area contributed by atoms with E-state index in [1.54, 1.807) is 11.8 Å². The molecule has 0 aromatic carbocycles. The van der Waals surface area contributed by atoms with Gasteiger partial charge in [-0.2, -0.15) is 0 Å². The van der Waals surface area contributed by atoms with Crippen LogP contribution in [0, 0.1) is 0 Å². The lowest BCUT2D eigenvalue weighted by Crippen LogP contribution is -2.52. The van der Waals surface area contributed by atoms with Gasteiger partial charge < -0.3 is 19.9 Å². The van der Waals surface area contributed by atoms with E-state index in [0.29, 0.717) is 39.0 Å². The minimum Gasteiger partial charge on any atom is -0.450 e. The van der Waals surface area contributed by atoms with Crippen molar-refractivity contribution in [2.45, 2.75) is 45.2 Å². The quantitative estimate of drug-likeness (QED) is 0.694. The topological polar surface area (TPSA) is 113 Å². The van der Waals surface area contributed by atoms with Gasteiger partial charge in [0.05, 0.1) is 24.7 Å². The summed E-state index contributed by atoms with van der Waals surface area (Å²) in [5, 5.41) is 2.71. The Morgan fingerprint density at radius 1 is 1.19 bits per heavy atom. The van der Waals surface area contributed by atoms with E-state index >= 15 is 0 Å². The molecule has 0 saturated carbocycles. The first-order valence-corrected chi connectivity index (χ1v) is 10.7. The maximum absolute atomic E-state index is 12.2. The number of carbonyl (C=O) groups is 3. The molecule has 0 aliphatic carbocycles. The van der Waals surface area contributed by atoms with Gasteiger partial charge in [-0.05, 0) is 26.2 Å². The first-order valence-electron chi connectivity index (χ1n) is 8.90. The van der Waals surface area contributed by atoms with Crippen molar-refractivity contribution in [1.82, 2.24) is 15.1 Å². The molecule has 1 N–H and O–H groups in total. The van der Waals surface area contributed by atoms with Crippen LogP contribution in [0.15, 0.2) is 0 Å². The van der Waals surface area contributed by atoms with E-state index in [-0.39, 0.29) is 48.0 Å². The molecular formula is C16H27N3O6S. The molecule has 148 valence electrons. The molecular weight excluding hydrogens is 362 g/mol. The van der Waals surface area contributed by atoms with E-state index in [9.17, 15) is 22.8 Å². The second-order valence-electron chi connectivity index (χ2n) is 6.73. The van der Waals surface area contributed by atoms with Crippen molar-refractivity contribution in [3.05, 3.63) is 0 Å². The largest absolute Gasteiger partial charge is 0.450 e. The third-order valence-electron chi connectivity index (χ3n) is 4.75. The van der Waals surface area contributed by atoms with Crippen molar-refractivity contribution in [2.24, 2.45) is 0 Å². The number of rotatable bonds is 5. The standard InChI is InChI=1S/C16H27N3O6S/c1-3-25-16(22)18-7-4-14(5-8-18)19(12(2)20)10-15(21)17-13-6-9-26(23,24)11-13/h13-14H,3-11H2,1-2H3,(H,17,21). The minimum absolute atomic E-state index is 0.0449. The van der Waals surface area contributed by atoms with Crippen LogP contribution in [0.2, 0.25) is 0 Å². The summed E-state index contributed by atoms with van der Waals surface area (Å²) in [6.07, 6.45) is 1.19. The predicted molar refractivity (Wildman–Crippen MR) is 94.2 cm³/mol. The Morgan fingerprint density at radius 3 is 2.35 bits per heavy atom. The van der Waals surface area contributed by atoms with E-state index in [1.807, 2.05) is 0 Å². The highest BCUT2D eigenvalue weighted by Crippen LogP contribution is 2.18. The molecule has 0 aromatic rings. The van der Waals surface area contributed by atoms with Gasteiger partial charge in [-0.25, -0.2) is 13.2 Å². The molecule has 9 nitrogen and oxygen atoms in total. The van der Waals surface area contributed by atoms with Crippen LogP contribution in [0.4, 0.5) is 4.79 Å². The minimum atomic E-state index is -3.07. The second kappa shape index (κ2) is 8.70. The van der Waals surface area contributed by atoms with Gasteiger partial charge >= 0.3 is 6.09 Å². The van der Waals surface area contributed by atoms with E-state index in [1.165, 1.54) is 11.8 Å². The summed E-state index contributed by atoms with van der Waals surface area (Å²) < 4.78 is 27.9. The molecule has 0 bridgehead atoms. The first-order chi connectivity index (χ1) is 12.2. The molecule has 0 radical (unpaired) electrons. The summed E-state index contributed by atoms with van der Waals surface area (Å²) in [6, 6.07) is -0.511. The number of likely N-dealkylation sites (tertiary alicyclic amines) is 1. The molecule has 2 aliphatic rings. The van der Waals surface area contributed by atoms with Crippen molar-refractivity contribution in [2.75, 3.05) is 37.7 Å². The van der Waals surface area contributed by atoms with Crippen molar-refractivity contribution >= 4 is 27.7 Å². The molecule has 1 atom stereocenters. The molecule has 0 aromatic heterocycles. The summed E-state index contributed by atoms with van der Waals surface area (Å²) in [4.78, 5) is 39.1. The number of amides is 3. The number of piperidine rings is 1. The zero-order chi connectivity index (χ0) is 19.3. The van der Waals surface area contributed by atoms with Crippen molar-refractivity contribution in [3.63, 3.8) is 0 Å². The van der Waals surface area contributed by atoms with Gasteiger partial charge in [0.25, 0.3) is 0 Å². The van der Waals surface area contributed by atoms with Crippen LogP contribution >= 0.6 is 0 Å². The molecule has 0 spiro atoms. The molecule has 2 rings (SSSR count). The summed E-state index contributed by atoms with van der Waals surface area (Å²) in [5.74, 6) is -0.527. The first kappa shape index (κ1) is 20.5. The lowest BCUT2D eigenvalue weighted by atomic mass is 10.0. The van der Waals surface area contributed by atoms with Gasteiger partial charge in [0.15, 0.2) is 9.84 Å². The van der Waals surface area contributed by atoms with Gasteiger partial charge in [-0.1, -0.05) is 0 Å². The molecule has 10 heteroatoms. The van der Waals surface area contributed by atoms with E-state index in [2.05, 4.69) is 5.32 Å². The number of ether oxygens (including phenoxy) is 1. The Balaban J connectivity index is 1.86. The SMILES string of the molecule is CCOC(=O)N1CCC(N(CC(=O)NC2CCS(=O)(=O)C2)C(C)=O)CC1. The monoisotopic (exact) mass is 389 g/mol. The average Bonchev–Trinajstić information content (AvgIpc) is 2.91. The van der Waals surface area contributed by atoms with Crippen molar-refractivity contribution < 1.29 is 27.5 Å². The van der Waals surface area contributed by atoms with E-state index in [4.69, 9.17) is 4.74 Å². The number of carbonyl (C=O) groups excluding carboxylic acids is 3. The fraction of sp³-hybridized carbons (Fsp3) is 0.812. The van der Waals surface area contributed by atoms with Gasteiger partial charge in [-0.15, -0.1) is 0 Å². The van der Waals surface area contributed by atoms with Crippen molar-refractivity contribution in [3.8, 4) is 0 Å². The third-order valence-corrected chi connectivity index (χ3v) is 6.52. The number of sulfone groups is 1. The molecule has 1 unspecified atom stereocenters. The molecule has 2 fully saturated rings. The number of nitrogens with one attached hydrogen (secondary N) is 1. The highest BCUT2D eigenvalue weighted by atomic mass is 32.2. The highest BCUT2D eigenvalue weighted by Gasteiger charge is 2.32. The number of nitrogens with zero attached hydrogens (tertiary/aromatic N) is 2. The molecule has 2 heterocycles. The van der Waals surface area contributed by atoms with E-state index < -0.39 is 9.84 Å². The Hall–Kier alpha value is -1.84. The highest BCUT2D eigenvalue weighted by molar-refractivity contribution is 7.91. The fourth-order valence-corrected chi connectivity index (χ4v) is 5.08. The zero-order valence-electron chi connectivity index (χ0n) is 15.3. The third kappa shape index (κ3) is 5.58. The number of hydrogen-bond donors (Lipinski definition) is 1. The van der Waals surface area contributed by atoms with E-state index in [0.717, 1.165) is 0 Å². The maximum Gasteiger partial charge on any atom is 0.409 e. The van der Waals surface area contributed by atoms with Gasteiger partial charge in [0.1, 0.15) is 0 Å². The molecule has 26 heavy (non-hydrogen) atoms. The van der Waals surface area contributed by atoms with Crippen LogP contribution in [0.25, 0.3) is 0 Å². The summed E-state index contributed by atoms with van der Waals surface area (Å²) in [7, 11) is -3.07. The summed E-state index contributed by atoms with van der Waals surface area (Å²) >= 11 is 0. The van der Waals surface area contributed by atoms with Crippen LogP contribution in [0.3, 0.4) is 0 Å².